The number of benzene rings is 1. The standard InChI is InChI=1S/C21H21N5O2/c1-15-5-7-16(8-6-15)17-14-18(24-21(28)23-17)20(27)26-12-10-25(11-13-26)19-4-2-3-9-22-19/h2-9,14H,10-13H2,1H3,(H,23,24,28). The van der Waals surface area contributed by atoms with Gasteiger partial charge in [0.15, 0.2) is 0 Å². The molecular weight excluding hydrogens is 354 g/mol. The largest absolute Gasteiger partial charge is 0.353 e. The van der Waals surface area contributed by atoms with Gasteiger partial charge < -0.3 is 14.8 Å². The summed E-state index contributed by atoms with van der Waals surface area (Å²) in [6, 6.07) is 15.2. The van der Waals surface area contributed by atoms with Gasteiger partial charge >= 0.3 is 5.69 Å². The number of aryl methyl sites for hydroxylation is 1. The van der Waals surface area contributed by atoms with Crippen LogP contribution in [0.1, 0.15) is 16.1 Å². The van der Waals surface area contributed by atoms with Gasteiger partial charge in [0.05, 0.1) is 5.69 Å². The van der Waals surface area contributed by atoms with Crippen LogP contribution in [0, 0.1) is 6.92 Å². The lowest BCUT2D eigenvalue weighted by Crippen LogP contribution is -2.49. The fourth-order valence-corrected chi connectivity index (χ4v) is 3.29. The maximum absolute atomic E-state index is 12.9. The van der Waals surface area contributed by atoms with Crippen LogP contribution in [0.3, 0.4) is 0 Å². The third kappa shape index (κ3) is 3.78. The second-order valence-corrected chi connectivity index (χ2v) is 6.82. The number of hydrogen-bond donors (Lipinski definition) is 1. The summed E-state index contributed by atoms with van der Waals surface area (Å²) in [6.07, 6.45) is 1.77. The zero-order valence-corrected chi connectivity index (χ0v) is 15.6. The van der Waals surface area contributed by atoms with Crippen LogP contribution < -0.4 is 10.6 Å². The van der Waals surface area contributed by atoms with E-state index in [1.165, 1.54) is 0 Å². The monoisotopic (exact) mass is 375 g/mol. The molecular formula is C21H21N5O2. The first-order chi connectivity index (χ1) is 13.6. The Hall–Kier alpha value is -3.48. The predicted octanol–water partition coefficient (Wildman–Crippen LogP) is 2.10. The normalized spacial score (nSPS) is 14.2. The topological polar surface area (TPSA) is 82.2 Å². The summed E-state index contributed by atoms with van der Waals surface area (Å²) in [4.78, 5) is 39.8. The molecule has 7 nitrogen and oxygen atoms in total. The van der Waals surface area contributed by atoms with Crippen LogP contribution in [-0.2, 0) is 0 Å². The number of rotatable bonds is 3. The van der Waals surface area contributed by atoms with Gasteiger partial charge in [-0.05, 0) is 25.1 Å². The summed E-state index contributed by atoms with van der Waals surface area (Å²) in [7, 11) is 0. The van der Waals surface area contributed by atoms with Crippen molar-refractivity contribution in [2.24, 2.45) is 0 Å². The van der Waals surface area contributed by atoms with Crippen molar-refractivity contribution in [2.75, 3.05) is 31.1 Å². The van der Waals surface area contributed by atoms with Crippen LogP contribution >= 0.6 is 0 Å². The van der Waals surface area contributed by atoms with Gasteiger partial charge in [0.1, 0.15) is 11.5 Å². The van der Waals surface area contributed by atoms with Gasteiger partial charge in [0.2, 0.25) is 0 Å². The first-order valence-corrected chi connectivity index (χ1v) is 9.24. The van der Waals surface area contributed by atoms with Crippen molar-refractivity contribution in [3.63, 3.8) is 0 Å². The van der Waals surface area contributed by atoms with E-state index in [1.54, 1.807) is 17.2 Å². The van der Waals surface area contributed by atoms with Gasteiger partial charge in [-0.2, -0.15) is 4.98 Å². The van der Waals surface area contributed by atoms with E-state index in [0.29, 0.717) is 31.9 Å². The van der Waals surface area contributed by atoms with Crippen LogP contribution in [0.5, 0.6) is 0 Å². The lowest BCUT2D eigenvalue weighted by atomic mass is 10.1. The minimum Gasteiger partial charge on any atom is -0.353 e. The summed E-state index contributed by atoms with van der Waals surface area (Å²) in [5, 5.41) is 0. The van der Waals surface area contributed by atoms with E-state index in [2.05, 4.69) is 19.9 Å². The maximum atomic E-state index is 12.9. The van der Waals surface area contributed by atoms with Gasteiger partial charge in [-0.1, -0.05) is 35.9 Å². The molecule has 7 heteroatoms. The van der Waals surface area contributed by atoms with E-state index in [9.17, 15) is 9.59 Å². The number of amides is 1. The number of piperazine rings is 1. The van der Waals surface area contributed by atoms with Gasteiger partial charge in [-0.15, -0.1) is 0 Å². The lowest BCUT2D eigenvalue weighted by molar-refractivity contribution is 0.0740. The van der Waals surface area contributed by atoms with Crippen molar-refractivity contribution in [3.8, 4) is 11.3 Å². The molecule has 0 radical (unpaired) electrons. The zero-order chi connectivity index (χ0) is 19.5. The Labute approximate surface area is 162 Å². The maximum Gasteiger partial charge on any atom is 0.346 e. The smallest absolute Gasteiger partial charge is 0.346 e. The summed E-state index contributed by atoms with van der Waals surface area (Å²) in [5.74, 6) is 0.724. The third-order valence-electron chi connectivity index (χ3n) is 4.86. The van der Waals surface area contributed by atoms with E-state index in [0.717, 1.165) is 16.9 Å². The molecule has 1 aromatic carbocycles. The van der Waals surface area contributed by atoms with E-state index >= 15 is 0 Å². The number of nitrogens with one attached hydrogen (secondary N) is 1. The molecule has 1 saturated heterocycles. The molecule has 0 saturated carbocycles. The minimum atomic E-state index is -0.520. The van der Waals surface area contributed by atoms with Gasteiger partial charge in [-0.25, -0.2) is 9.78 Å². The molecule has 142 valence electrons. The van der Waals surface area contributed by atoms with Crippen molar-refractivity contribution in [1.82, 2.24) is 19.9 Å². The fraction of sp³-hybridized carbons (Fsp3) is 0.238. The Morgan fingerprint density at radius 3 is 2.46 bits per heavy atom. The number of anilines is 1. The molecule has 1 amide bonds. The Bertz CT molecular complexity index is 1020. The molecule has 0 spiro atoms. The molecule has 1 fully saturated rings. The average Bonchev–Trinajstić information content (AvgIpc) is 2.74. The number of aromatic nitrogens is 3. The number of pyridine rings is 1. The van der Waals surface area contributed by atoms with Crippen LogP contribution in [0.25, 0.3) is 11.3 Å². The number of carbonyl (C=O) groups excluding carboxylic acids is 1. The molecule has 28 heavy (non-hydrogen) atoms. The molecule has 1 N–H and O–H groups in total. The number of aromatic amines is 1. The highest BCUT2D eigenvalue weighted by Gasteiger charge is 2.24. The first kappa shape index (κ1) is 17.9. The number of nitrogens with zero attached hydrogens (tertiary/aromatic N) is 4. The molecule has 3 heterocycles. The zero-order valence-electron chi connectivity index (χ0n) is 15.6. The van der Waals surface area contributed by atoms with Crippen molar-refractivity contribution in [2.45, 2.75) is 6.92 Å². The predicted molar refractivity (Wildman–Crippen MR) is 107 cm³/mol. The van der Waals surface area contributed by atoms with E-state index in [4.69, 9.17) is 0 Å². The van der Waals surface area contributed by atoms with Gasteiger partial charge in [0.25, 0.3) is 5.91 Å². The average molecular weight is 375 g/mol. The van der Waals surface area contributed by atoms with Crippen molar-refractivity contribution in [1.29, 1.82) is 0 Å². The Morgan fingerprint density at radius 1 is 1.04 bits per heavy atom. The van der Waals surface area contributed by atoms with E-state index < -0.39 is 5.69 Å². The molecule has 4 rings (SSSR count). The highest BCUT2D eigenvalue weighted by Crippen LogP contribution is 2.18. The van der Waals surface area contributed by atoms with Crippen molar-refractivity contribution >= 4 is 11.7 Å². The van der Waals surface area contributed by atoms with Crippen LogP contribution in [0.4, 0.5) is 5.82 Å². The lowest BCUT2D eigenvalue weighted by Gasteiger charge is -2.35. The van der Waals surface area contributed by atoms with Crippen LogP contribution in [0.15, 0.2) is 59.5 Å². The fourth-order valence-electron chi connectivity index (χ4n) is 3.29. The second-order valence-electron chi connectivity index (χ2n) is 6.82. The molecule has 0 aliphatic carbocycles. The molecule has 0 unspecified atom stereocenters. The van der Waals surface area contributed by atoms with Gasteiger partial charge in [0, 0.05) is 37.9 Å². The molecule has 2 aromatic heterocycles. The first-order valence-electron chi connectivity index (χ1n) is 9.24. The molecule has 3 aromatic rings. The summed E-state index contributed by atoms with van der Waals surface area (Å²) >= 11 is 0. The summed E-state index contributed by atoms with van der Waals surface area (Å²) in [5.41, 5.74) is 2.18. The summed E-state index contributed by atoms with van der Waals surface area (Å²) in [6.45, 7) is 4.53. The highest BCUT2D eigenvalue weighted by atomic mass is 16.2. The molecule has 1 aliphatic heterocycles. The molecule has 0 atom stereocenters. The molecule has 0 bridgehead atoms. The van der Waals surface area contributed by atoms with Crippen LogP contribution in [0.2, 0.25) is 0 Å². The number of H-pyrrole nitrogens is 1. The quantitative estimate of drug-likeness (QED) is 0.758. The highest BCUT2D eigenvalue weighted by molar-refractivity contribution is 5.93. The van der Waals surface area contributed by atoms with E-state index in [1.807, 2.05) is 49.4 Å². The third-order valence-corrected chi connectivity index (χ3v) is 4.86. The second kappa shape index (κ2) is 7.64. The van der Waals surface area contributed by atoms with Crippen molar-refractivity contribution < 1.29 is 4.79 Å². The Morgan fingerprint density at radius 2 is 1.79 bits per heavy atom. The minimum absolute atomic E-state index is 0.187. The number of carbonyl (C=O) groups is 1. The molecule has 1 aliphatic rings. The SMILES string of the molecule is Cc1ccc(-c2cc(C(=O)N3CCN(c4ccccn4)CC3)[nH]c(=O)n2)cc1. The van der Waals surface area contributed by atoms with Crippen molar-refractivity contribution in [3.05, 3.63) is 76.5 Å². The summed E-state index contributed by atoms with van der Waals surface area (Å²) < 4.78 is 0. The van der Waals surface area contributed by atoms with Crippen LogP contribution in [-0.4, -0.2) is 51.9 Å². The van der Waals surface area contributed by atoms with E-state index in [-0.39, 0.29) is 11.6 Å². The number of hydrogen-bond acceptors (Lipinski definition) is 5. The van der Waals surface area contributed by atoms with Gasteiger partial charge in [-0.3, -0.25) is 4.79 Å². The Kier molecular flexibility index (Phi) is 4.89. The Balaban J connectivity index is 1.51.